The number of nitrogens with zero attached hydrogens (tertiary/aromatic N) is 2. The molecule has 1 heterocycles. The Morgan fingerprint density at radius 1 is 1.39 bits per heavy atom. The van der Waals surface area contributed by atoms with Crippen LogP contribution in [0.15, 0.2) is 22.9 Å². The first-order valence-electron chi connectivity index (χ1n) is 6.25. The second kappa shape index (κ2) is 8.21. The third-order valence-electron chi connectivity index (χ3n) is 2.72. The van der Waals surface area contributed by atoms with Gasteiger partial charge in [-0.25, -0.2) is 0 Å². The largest absolute Gasteiger partial charge is 0.343 e. The quantitative estimate of drug-likeness (QED) is 0.785. The fourth-order valence-corrected chi connectivity index (χ4v) is 2.13. The van der Waals surface area contributed by atoms with Crippen molar-refractivity contribution in [2.24, 2.45) is 0 Å². The molecule has 0 spiro atoms. The molecule has 0 aliphatic heterocycles. The van der Waals surface area contributed by atoms with Crippen LogP contribution in [0.2, 0.25) is 0 Å². The number of amides is 1. The van der Waals surface area contributed by atoms with Crippen LogP contribution in [0, 0.1) is 0 Å². The Morgan fingerprint density at radius 3 is 2.72 bits per heavy atom. The van der Waals surface area contributed by atoms with E-state index >= 15 is 0 Å². The number of carbonyl (C=O) groups is 1. The first-order chi connectivity index (χ1) is 8.67. The zero-order chi connectivity index (χ0) is 13.4. The molecule has 0 bridgehead atoms. The van der Waals surface area contributed by atoms with Crippen molar-refractivity contribution in [2.45, 2.75) is 26.8 Å². The van der Waals surface area contributed by atoms with Gasteiger partial charge in [0, 0.05) is 49.5 Å². The van der Waals surface area contributed by atoms with Gasteiger partial charge in [0.15, 0.2) is 0 Å². The minimum atomic E-state index is 0.208. The number of carbonyl (C=O) groups excluding carboxylic acids is 1. The van der Waals surface area contributed by atoms with Crippen molar-refractivity contribution in [2.75, 3.05) is 19.6 Å². The smallest absolute Gasteiger partial charge is 0.223 e. The Kier molecular flexibility index (Phi) is 6.90. The summed E-state index contributed by atoms with van der Waals surface area (Å²) in [6.45, 7) is 7.00. The maximum absolute atomic E-state index is 11.7. The Hall–Kier alpha value is -0.940. The molecule has 100 valence electrons. The maximum Gasteiger partial charge on any atom is 0.223 e. The summed E-state index contributed by atoms with van der Waals surface area (Å²) in [6, 6.07) is 2.02. The molecule has 1 amide bonds. The lowest BCUT2D eigenvalue weighted by atomic mass is 10.3. The fraction of sp³-hybridized carbons (Fsp3) is 0.538. The standard InChI is InChI=1S/C13H20BrN3O/c1-3-17(4-2)13(18)5-6-15-8-11-7-12(14)10-16-9-11/h7,9-10,15H,3-6,8H2,1-2H3. The zero-order valence-electron chi connectivity index (χ0n) is 10.9. The Morgan fingerprint density at radius 2 is 2.11 bits per heavy atom. The van der Waals surface area contributed by atoms with Gasteiger partial charge in [0.2, 0.25) is 5.91 Å². The van der Waals surface area contributed by atoms with Crippen LogP contribution in [0.25, 0.3) is 0 Å². The molecule has 1 N–H and O–H groups in total. The van der Waals surface area contributed by atoms with Crippen molar-refractivity contribution in [3.63, 3.8) is 0 Å². The molecule has 0 atom stereocenters. The highest BCUT2D eigenvalue weighted by molar-refractivity contribution is 9.10. The molecule has 18 heavy (non-hydrogen) atoms. The third kappa shape index (κ3) is 5.14. The van der Waals surface area contributed by atoms with Crippen LogP contribution in [0.1, 0.15) is 25.8 Å². The number of hydrogen-bond acceptors (Lipinski definition) is 3. The lowest BCUT2D eigenvalue weighted by Gasteiger charge is -2.18. The van der Waals surface area contributed by atoms with Gasteiger partial charge < -0.3 is 10.2 Å². The van der Waals surface area contributed by atoms with Crippen molar-refractivity contribution in [1.82, 2.24) is 15.2 Å². The number of aromatic nitrogens is 1. The van der Waals surface area contributed by atoms with E-state index in [1.54, 1.807) is 6.20 Å². The molecule has 0 fully saturated rings. The van der Waals surface area contributed by atoms with E-state index < -0.39 is 0 Å². The third-order valence-corrected chi connectivity index (χ3v) is 3.16. The van der Waals surface area contributed by atoms with Gasteiger partial charge in [0.25, 0.3) is 0 Å². The van der Waals surface area contributed by atoms with Crippen LogP contribution < -0.4 is 5.32 Å². The molecular formula is C13H20BrN3O. The molecule has 1 aromatic rings. The number of halogens is 1. The predicted octanol–water partition coefficient (Wildman–Crippen LogP) is 2.19. The molecule has 0 saturated heterocycles. The second-order valence-electron chi connectivity index (χ2n) is 4.00. The molecule has 0 saturated carbocycles. The molecule has 1 aromatic heterocycles. The summed E-state index contributed by atoms with van der Waals surface area (Å²) >= 11 is 3.38. The summed E-state index contributed by atoms with van der Waals surface area (Å²) in [4.78, 5) is 17.7. The molecule has 0 radical (unpaired) electrons. The topological polar surface area (TPSA) is 45.2 Å². The number of rotatable bonds is 7. The predicted molar refractivity (Wildman–Crippen MR) is 76.2 cm³/mol. The maximum atomic E-state index is 11.7. The highest BCUT2D eigenvalue weighted by Gasteiger charge is 2.08. The summed E-state index contributed by atoms with van der Waals surface area (Å²) in [6.07, 6.45) is 4.13. The monoisotopic (exact) mass is 313 g/mol. The van der Waals surface area contributed by atoms with Gasteiger partial charge in [0.05, 0.1) is 0 Å². The van der Waals surface area contributed by atoms with Crippen molar-refractivity contribution >= 4 is 21.8 Å². The van der Waals surface area contributed by atoms with Gasteiger partial charge >= 0.3 is 0 Å². The minimum Gasteiger partial charge on any atom is -0.343 e. The second-order valence-corrected chi connectivity index (χ2v) is 4.92. The highest BCUT2D eigenvalue weighted by atomic mass is 79.9. The first-order valence-corrected chi connectivity index (χ1v) is 7.04. The average Bonchev–Trinajstić information content (AvgIpc) is 2.36. The zero-order valence-corrected chi connectivity index (χ0v) is 12.5. The SMILES string of the molecule is CCN(CC)C(=O)CCNCc1cncc(Br)c1. The van der Waals surface area contributed by atoms with E-state index in [0.29, 0.717) is 13.0 Å². The molecule has 5 heteroatoms. The summed E-state index contributed by atoms with van der Waals surface area (Å²) in [5.74, 6) is 0.208. The van der Waals surface area contributed by atoms with E-state index in [9.17, 15) is 4.79 Å². The molecule has 4 nitrogen and oxygen atoms in total. The van der Waals surface area contributed by atoms with Crippen LogP contribution >= 0.6 is 15.9 Å². The van der Waals surface area contributed by atoms with E-state index in [2.05, 4.69) is 26.2 Å². The molecule has 0 aromatic carbocycles. The summed E-state index contributed by atoms with van der Waals surface area (Å²) in [5.41, 5.74) is 1.11. The van der Waals surface area contributed by atoms with Gasteiger partial charge in [-0.05, 0) is 41.4 Å². The normalized spacial score (nSPS) is 10.4. The minimum absolute atomic E-state index is 0.208. The van der Waals surface area contributed by atoms with Crippen LogP contribution in [0.4, 0.5) is 0 Å². The Labute approximate surface area is 117 Å². The van der Waals surface area contributed by atoms with Crippen LogP contribution in [0.5, 0.6) is 0 Å². The van der Waals surface area contributed by atoms with Gasteiger partial charge in [-0.15, -0.1) is 0 Å². The van der Waals surface area contributed by atoms with Gasteiger partial charge in [0.1, 0.15) is 0 Å². The lowest BCUT2D eigenvalue weighted by molar-refractivity contribution is -0.130. The molecule has 0 aliphatic rings. The van der Waals surface area contributed by atoms with E-state index in [1.165, 1.54) is 0 Å². The van der Waals surface area contributed by atoms with Gasteiger partial charge in [-0.2, -0.15) is 0 Å². The summed E-state index contributed by atoms with van der Waals surface area (Å²) < 4.78 is 0.973. The Balaban J connectivity index is 2.24. The molecular weight excluding hydrogens is 294 g/mol. The van der Waals surface area contributed by atoms with Gasteiger partial charge in [-0.3, -0.25) is 9.78 Å². The highest BCUT2D eigenvalue weighted by Crippen LogP contribution is 2.09. The number of nitrogens with one attached hydrogen (secondary N) is 1. The average molecular weight is 314 g/mol. The van der Waals surface area contributed by atoms with E-state index in [4.69, 9.17) is 0 Å². The van der Waals surface area contributed by atoms with Crippen molar-refractivity contribution in [1.29, 1.82) is 0 Å². The van der Waals surface area contributed by atoms with Crippen molar-refractivity contribution in [3.05, 3.63) is 28.5 Å². The molecule has 1 rings (SSSR count). The first kappa shape index (κ1) is 15.1. The summed E-state index contributed by atoms with van der Waals surface area (Å²) in [7, 11) is 0. The summed E-state index contributed by atoms with van der Waals surface area (Å²) in [5, 5.41) is 3.25. The van der Waals surface area contributed by atoms with E-state index in [1.807, 2.05) is 31.0 Å². The van der Waals surface area contributed by atoms with Crippen LogP contribution in [-0.4, -0.2) is 35.4 Å². The van der Waals surface area contributed by atoms with E-state index in [-0.39, 0.29) is 5.91 Å². The van der Waals surface area contributed by atoms with E-state index in [0.717, 1.165) is 29.7 Å². The van der Waals surface area contributed by atoms with Crippen molar-refractivity contribution in [3.8, 4) is 0 Å². The van der Waals surface area contributed by atoms with Crippen molar-refractivity contribution < 1.29 is 4.79 Å². The molecule has 0 aliphatic carbocycles. The lowest BCUT2D eigenvalue weighted by Crippen LogP contribution is -2.32. The molecule has 0 unspecified atom stereocenters. The number of pyridine rings is 1. The van der Waals surface area contributed by atoms with Gasteiger partial charge in [-0.1, -0.05) is 0 Å². The number of hydrogen-bond donors (Lipinski definition) is 1. The fourth-order valence-electron chi connectivity index (χ4n) is 1.72. The Bertz CT molecular complexity index is 380. The van der Waals surface area contributed by atoms with Crippen LogP contribution in [0.3, 0.4) is 0 Å². The van der Waals surface area contributed by atoms with Crippen LogP contribution in [-0.2, 0) is 11.3 Å².